The van der Waals surface area contributed by atoms with Gasteiger partial charge in [0.15, 0.2) is 0 Å². The molecule has 0 fully saturated rings. The average Bonchev–Trinajstić information content (AvgIpc) is 2.88. The number of nitrogens with zero attached hydrogens (tertiary/aromatic N) is 5. The largest absolute Gasteiger partial charge is 0.507 e. The van der Waals surface area contributed by atoms with Gasteiger partial charge in [-0.05, 0) is 26.0 Å². The topological polar surface area (TPSA) is 105 Å². The number of rotatable bonds is 6. The maximum absolute atomic E-state index is 10.0. The van der Waals surface area contributed by atoms with Crippen LogP contribution in [-0.4, -0.2) is 39.3 Å². The molecule has 0 aliphatic heterocycles. The Morgan fingerprint density at radius 2 is 2.19 bits per heavy atom. The number of phenols is 1. The zero-order valence-corrected chi connectivity index (χ0v) is 12.1. The fraction of sp³-hybridized carbons (Fsp3) is 0.308. The lowest BCUT2D eigenvalue weighted by Gasteiger charge is -2.21. The number of aromatic nitrogens is 3. The van der Waals surface area contributed by atoms with E-state index in [4.69, 9.17) is 5.84 Å². The first-order chi connectivity index (χ1) is 10.2. The van der Waals surface area contributed by atoms with Crippen molar-refractivity contribution in [2.45, 2.75) is 13.8 Å². The van der Waals surface area contributed by atoms with Crippen molar-refractivity contribution in [3.63, 3.8) is 0 Å². The molecule has 2 aromatic rings. The van der Waals surface area contributed by atoms with Crippen LogP contribution in [0.25, 0.3) is 0 Å². The molecule has 0 atom stereocenters. The number of benzene rings is 1. The number of hydrogen-bond acceptors (Lipinski definition) is 7. The summed E-state index contributed by atoms with van der Waals surface area (Å²) >= 11 is 0. The number of aromatic hydroxyl groups is 1. The predicted molar refractivity (Wildman–Crippen MR) is 83.1 cm³/mol. The molecule has 0 radical (unpaired) electrons. The van der Waals surface area contributed by atoms with Crippen LogP contribution >= 0.6 is 0 Å². The van der Waals surface area contributed by atoms with Crippen LogP contribution in [0.3, 0.4) is 0 Å². The van der Waals surface area contributed by atoms with E-state index in [0.29, 0.717) is 11.5 Å². The minimum absolute atomic E-state index is 0.166. The van der Waals surface area contributed by atoms with Crippen molar-refractivity contribution in [3.05, 3.63) is 30.1 Å². The number of hydrogen-bond donors (Lipinski definition) is 3. The van der Waals surface area contributed by atoms with E-state index >= 15 is 0 Å². The molecular formula is C13H19N7O. The van der Waals surface area contributed by atoms with Gasteiger partial charge in [0.25, 0.3) is 5.95 Å². The summed E-state index contributed by atoms with van der Waals surface area (Å²) in [5, 5.41) is 21.3. The smallest absolute Gasteiger partial charge is 0.263 e. The summed E-state index contributed by atoms with van der Waals surface area (Å²) < 4.78 is 1.21. The highest BCUT2D eigenvalue weighted by atomic mass is 16.3. The molecule has 1 aromatic carbocycles. The van der Waals surface area contributed by atoms with Crippen LogP contribution in [0, 0.1) is 0 Å². The first-order valence-corrected chi connectivity index (χ1v) is 6.67. The molecule has 112 valence electrons. The summed E-state index contributed by atoms with van der Waals surface area (Å²) in [7, 11) is 0. The highest BCUT2D eigenvalue weighted by Crippen LogP contribution is 2.23. The van der Waals surface area contributed by atoms with Crippen molar-refractivity contribution in [1.82, 2.24) is 14.9 Å². The van der Waals surface area contributed by atoms with Crippen molar-refractivity contribution >= 4 is 17.9 Å². The van der Waals surface area contributed by atoms with Gasteiger partial charge in [-0.25, -0.2) is 10.1 Å². The molecule has 0 aliphatic rings. The van der Waals surface area contributed by atoms with Gasteiger partial charge in [0, 0.05) is 30.4 Å². The molecule has 0 spiro atoms. The van der Waals surface area contributed by atoms with Crippen molar-refractivity contribution in [1.29, 1.82) is 0 Å². The van der Waals surface area contributed by atoms with Gasteiger partial charge in [0.2, 0.25) is 0 Å². The van der Waals surface area contributed by atoms with Gasteiger partial charge in [-0.2, -0.15) is 5.10 Å². The molecular weight excluding hydrogens is 270 g/mol. The molecule has 1 aromatic heterocycles. The summed E-state index contributed by atoms with van der Waals surface area (Å²) in [6, 6.07) is 5.47. The monoisotopic (exact) mass is 289 g/mol. The second-order valence-electron chi connectivity index (χ2n) is 4.35. The Balaban J connectivity index is 2.09. The van der Waals surface area contributed by atoms with Crippen molar-refractivity contribution < 1.29 is 5.11 Å². The van der Waals surface area contributed by atoms with Gasteiger partial charge in [0.05, 0.1) is 6.21 Å². The average molecular weight is 289 g/mol. The summed E-state index contributed by atoms with van der Waals surface area (Å²) in [5.41, 5.74) is 4.22. The van der Waals surface area contributed by atoms with E-state index in [0.717, 1.165) is 18.8 Å². The predicted octanol–water partition coefficient (Wildman–Crippen LogP) is 0.990. The van der Waals surface area contributed by atoms with E-state index in [1.807, 2.05) is 6.07 Å². The number of phenolic OH excluding ortho intramolecular Hbond substituents is 1. The Morgan fingerprint density at radius 1 is 1.43 bits per heavy atom. The first-order valence-electron chi connectivity index (χ1n) is 6.67. The Hall–Kier alpha value is -2.77. The van der Waals surface area contributed by atoms with Crippen LogP contribution < -0.4 is 16.2 Å². The molecule has 0 saturated carbocycles. The maximum atomic E-state index is 10.0. The van der Waals surface area contributed by atoms with Crippen LogP contribution in [-0.2, 0) is 0 Å². The molecule has 2 rings (SSSR count). The van der Waals surface area contributed by atoms with E-state index in [9.17, 15) is 5.11 Å². The standard InChI is InChI=1S/C13H19N7O/c1-3-19(4-2)11-6-5-10(12(21)7-11)8-15-17-13-18-16-9-20(13)14/h5-9,21H,3-4,14H2,1-2H3,(H,17,18)/b15-8-. The van der Waals surface area contributed by atoms with E-state index in [1.165, 1.54) is 17.2 Å². The van der Waals surface area contributed by atoms with E-state index in [2.05, 4.69) is 39.5 Å². The molecule has 0 amide bonds. The molecule has 1 heterocycles. The van der Waals surface area contributed by atoms with Gasteiger partial charge < -0.3 is 15.8 Å². The van der Waals surface area contributed by atoms with Gasteiger partial charge in [-0.15, -0.1) is 10.2 Å². The molecule has 21 heavy (non-hydrogen) atoms. The third-order valence-corrected chi connectivity index (χ3v) is 3.08. The second-order valence-corrected chi connectivity index (χ2v) is 4.35. The van der Waals surface area contributed by atoms with Crippen LogP contribution in [0.15, 0.2) is 29.6 Å². The number of hydrazone groups is 1. The van der Waals surface area contributed by atoms with Gasteiger partial charge in [-0.3, -0.25) is 0 Å². The lowest BCUT2D eigenvalue weighted by molar-refractivity contribution is 0.474. The lowest BCUT2D eigenvalue weighted by atomic mass is 10.2. The Kier molecular flexibility index (Phi) is 4.60. The van der Waals surface area contributed by atoms with Crippen LogP contribution in [0.5, 0.6) is 5.75 Å². The summed E-state index contributed by atoms with van der Waals surface area (Å²) in [5.74, 6) is 6.01. The fourth-order valence-electron chi connectivity index (χ4n) is 1.91. The summed E-state index contributed by atoms with van der Waals surface area (Å²) in [4.78, 5) is 2.15. The van der Waals surface area contributed by atoms with Gasteiger partial charge in [0.1, 0.15) is 12.1 Å². The minimum Gasteiger partial charge on any atom is -0.507 e. The van der Waals surface area contributed by atoms with Crippen LogP contribution in [0.2, 0.25) is 0 Å². The van der Waals surface area contributed by atoms with Crippen molar-refractivity contribution in [3.8, 4) is 5.75 Å². The molecule has 0 saturated heterocycles. The number of anilines is 2. The summed E-state index contributed by atoms with van der Waals surface area (Å²) in [6.07, 6.45) is 2.85. The molecule has 8 nitrogen and oxygen atoms in total. The maximum Gasteiger partial charge on any atom is 0.263 e. The van der Waals surface area contributed by atoms with Crippen molar-refractivity contribution in [2.75, 3.05) is 29.3 Å². The highest BCUT2D eigenvalue weighted by Gasteiger charge is 2.05. The number of nitrogens with one attached hydrogen (secondary N) is 1. The van der Waals surface area contributed by atoms with Gasteiger partial charge >= 0.3 is 0 Å². The molecule has 4 N–H and O–H groups in total. The van der Waals surface area contributed by atoms with E-state index in [-0.39, 0.29) is 5.75 Å². The van der Waals surface area contributed by atoms with E-state index in [1.54, 1.807) is 12.1 Å². The SMILES string of the molecule is CCN(CC)c1ccc(/C=N\Nc2nncn2N)c(O)c1. The fourth-order valence-corrected chi connectivity index (χ4v) is 1.91. The second kappa shape index (κ2) is 6.60. The van der Waals surface area contributed by atoms with Gasteiger partial charge in [-0.1, -0.05) is 0 Å². The Morgan fingerprint density at radius 3 is 2.76 bits per heavy atom. The molecule has 0 bridgehead atoms. The third-order valence-electron chi connectivity index (χ3n) is 3.08. The van der Waals surface area contributed by atoms with Crippen LogP contribution in [0.4, 0.5) is 11.6 Å². The first kappa shape index (κ1) is 14.6. The van der Waals surface area contributed by atoms with E-state index < -0.39 is 0 Å². The molecule has 8 heteroatoms. The summed E-state index contributed by atoms with van der Waals surface area (Å²) in [6.45, 7) is 5.92. The normalized spacial score (nSPS) is 11.0. The zero-order valence-electron chi connectivity index (χ0n) is 12.1. The number of nitrogens with two attached hydrogens (primary N) is 1. The molecule has 0 unspecified atom stereocenters. The Labute approximate surface area is 122 Å². The van der Waals surface area contributed by atoms with Crippen molar-refractivity contribution in [2.24, 2.45) is 5.10 Å². The third kappa shape index (κ3) is 3.41. The quantitative estimate of drug-likeness (QED) is 0.416. The number of nitrogen functional groups attached to an aromatic ring is 1. The molecule has 0 aliphatic carbocycles. The highest BCUT2D eigenvalue weighted by molar-refractivity contribution is 5.84. The Bertz CT molecular complexity index is 619. The lowest BCUT2D eigenvalue weighted by Crippen LogP contribution is -2.21. The zero-order chi connectivity index (χ0) is 15.2. The van der Waals surface area contributed by atoms with Crippen LogP contribution in [0.1, 0.15) is 19.4 Å². The minimum atomic E-state index is 0.166.